The van der Waals surface area contributed by atoms with Crippen LogP contribution in [0.1, 0.15) is 37.7 Å². The molecule has 2 heterocycles. The summed E-state index contributed by atoms with van der Waals surface area (Å²) in [4.78, 5) is 0. The average molecular weight is 215 g/mol. The molecule has 0 spiro atoms. The molecule has 3 heteroatoms. The third-order valence-corrected chi connectivity index (χ3v) is 3.71. The number of hydrogen-bond acceptors (Lipinski definition) is 2. The zero-order chi connectivity index (χ0) is 11.0. The van der Waals surface area contributed by atoms with E-state index >= 15 is 0 Å². The second-order valence-corrected chi connectivity index (χ2v) is 4.81. The Hall–Kier alpha value is -1.35. The number of nitrogens with zero attached hydrogens (tertiary/aromatic N) is 2. The highest BCUT2D eigenvalue weighted by Crippen LogP contribution is 2.36. The van der Waals surface area contributed by atoms with Gasteiger partial charge in [0, 0.05) is 17.3 Å². The predicted molar refractivity (Wildman–Crippen MR) is 64.1 cm³/mol. The normalized spacial score (nSPS) is 20.1. The van der Waals surface area contributed by atoms with E-state index in [-0.39, 0.29) is 5.54 Å². The molecule has 0 aromatic carbocycles. The minimum Gasteiger partial charge on any atom is -0.321 e. The summed E-state index contributed by atoms with van der Waals surface area (Å²) in [6, 6.07) is 6.14. The highest BCUT2D eigenvalue weighted by molar-refractivity contribution is 5.56. The third kappa shape index (κ3) is 1.43. The molecule has 0 saturated heterocycles. The van der Waals surface area contributed by atoms with Crippen LogP contribution in [0.2, 0.25) is 0 Å². The fourth-order valence-corrected chi connectivity index (χ4v) is 2.77. The van der Waals surface area contributed by atoms with Crippen molar-refractivity contribution in [2.75, 3.05) is 0 Å². The molecule has 1 aliphatic rings. The van der Waals surface area contributed by atoms with Gasteiger partial charge in [-0.2, -0.15) is 5.10 Å². The van der Waals surface area contributed by atoms with E-state index in [4.69, 9.17) is 5.73 Å². The second-order valence-electron chi connectivity index (χ2n) is 4.81. The number of fused-ring (bicyclic) bond motifs is 1. The van der Waals surface area contributed by atoms with Crippen LogP contribution in [-0.2, 0) is 5.54 Å². The van der Waals surface area contributed by atoms with E-state index in [0.29, 0.717) is 0 Å². The summed E-state index contributed by atoms with van der Waals surface area (Å²) in [5.41, 5.74) is 8.76. The van der Waals surface area contributed by atoms with Crippen LogP contribution >= 0.6 is 0 Å². The van der Waals surface area contributed by atoms with Gasteiger partial charge in [0.25, 0.3) is 0 Å². The minimum atomic E-state index is -0.151. The van der Waals surface area contributed by atoms with E-state index in [1.54, 1.807) is 0 Å². The Kier molecular flexibility index (Phi) is 2.21. The highest BCUT2D eigenvalue weighted by Gasteiger charge is 2.31. The van der Waals surface area contributed by atoms with Gasteiger partial charge in [-0.05, 0) is 25.0 Å². The Bertz CT molecular complexity index is 495. The molecule has 2 aromatic heterocycles. The van der Waals surface area contributed by atoms with E-state index in [2.05, 4.69) is 11.2 Å². The van der Waals surface area contributed by atoms with E-state index < -0.39 is 0 Å². The molecule has 2 N–H and O–H groups in total. The van der Waals surface area contributed by atoms with Crippen molar-refractivity contribution in [3.63, 3.8) is 0 Å². The van der Waals surface area contributed by atoms with Crippen molar-refractivity contribution < 1.29 is 0 Å². The second kappa shape index (κ2) is 3.59. The summed E-state index contributed by atoms with van der Waals surface area (Å²) in [5.74, 6) is 0. The van der Waals surface area contributed by atoms with Gasteiger partial charge in [0.2, 0.25) is 0 Å². The van der Waals surface area contributed by atoms with Gasteiger partial charge < -0.3 is 5.73 Å². The molecule has 3 nitrogen and oxygen atoms in total. The maximum atomic E-state index is 6.54. The molecule has 0 bridgehead atoms. The fourth-order valence-electron chi connectivity index (χ4n) is 2.77. The Balaban J connectivity index is 2.11. The van der Waals surface area contributed by atoms with Gasteiger partial charge in [-0.1, -0.05) is 25.3 Å². The van der Waals surface area contributed by atoms with Gasteiger partial charge in [0.15, 0.2) is 0 Å². The third-order valence-electron chi connectivity index (χ3n) is 3.71. The van der Waals surface area contributed by atoms with E-state index in [1.807, 2.05) is 29.0 Å². The zero-order valence-electron chi connectivity index (χ0n) is 9.39. The lowest BCUT2D eigenvalue weighted by Gasteiger charge is -2.32. The Labute approximate surface area is 95.3 Å². The molecular weight excluding hydrogens is 198 g/mol. The lowest BCUT2D eigenvalue weighted by atomic mass is 9.78. The lowest BCUT2D eigenvalue weighted by Crippen LogP contribution is -2.38. The Morgan fingerprint density at radius 1 is 1.19 bits per heavy atom. The summed E-state index contributed by atoms with van der Waals surface area (Å²) in [7, 11) is 0. The first-order valence-electron chi connectivity index (χ1n) is 6.01. The summed E-state index contributed by atoms with van der Waals surface area (Å²) in [6.07, 6.45) is 9.89. The summed E-state index contributed by atoms with van der Waals surface area (Å²) < 4.78 is 1.92. The van der Waals surface area contributed by atoms with Gasteiger partial charge in [-0.15, -0.1) is 0 Å². The van der Waals surface area contributed by atoms with E-state index in [1.165, 1.54) is 24.8 Å². The molecule has 0 aliphatic heterocycles. The standard InChI is InChI=1S/C13H17N3/c14-13(7-3-1-4-8-13)11-10-15-16-9-5-2-6-12(11)16/h2,5-6,9-10H,1,3-4,7-8,14H2. The van der Waals surface area contributed by atoms with Crippen LogP contribution in [0.4, 0.5) is 0 Å². The lowest BCUT2D eigenvalue weighted by molar-refractivity contribution is 0.304. The monoisotopic (exact) mass is 215 g/mol. The van der Waals surface area contributed by atoms with Gasteiger partial charge >= 0.3 is 0 Å². The molecule has 3 rings (SSSR count). The molecule has 1 saturated carbocycles. The molecule has 0 amide bonds. The Morgan fingerprint density at radius 2 is 2.00 bits per heavy atom. The molecule has 16 heavy (non-hydrogen) atoms. The number of nitrogens with two attached hydrogens (primary N) is 1. The molecular formula is C13H17N3. The van der Waals surface area contributed by atoms with Crippen LogP contribution in [0.15, 0.2) is 30.6 Å². The van der Waals surface area contributed by atoms with Crippen LogP contribution < -0.4 is 5.73 Å². The first kappa shape index (κ1) is 9.85. The maximum Gasteiger partial charge on any atom is 0.0712 e. The first-order valence-corrected chi connectivity index (χ1v) is 6.01. The predicted octanol–water partition coefficient (Wildman–Crippen LogP) is 2.45. The summed E-state index contributed by atoms with van der Waals surface area (Å²) in [5, 5.41) is 4.38. The van der Waals surface area contributed by atoms with Crippen molar-refractivity contribution in [2.45, 2.75) is 37.6 Å². The SMILES string of the molecule is NC1(c2cnn3ccccc23)CCCCC1. The summed E-state index contributed by atoms with van der Waals surface area (Å²) in [6.45, 7) is 0. The van der Waals surface area contributed by atoms with Crippen molar-refractivity contribution in [3.8, 4) is 0 Å². The minimum absolute atomic E-state index is 0.151. The zero-order valence-corrected chi connectivity index (χ0v) is 9.39. The van der Waals surface area contributed by atoms with Crippen LogP contribution in [0, 0.1) is 0 Å². The maximum absolute atomic E-state index is 6.54. The topological polar surface area (TPSA) is 43.3 Å². The molecule has 1 fully saturated rings. The van der Waals surface area contributed by atoms with Gasteiger partial charge in [0.05, 0.1) is 11.7 Å². The quantitative estimate of drug-likeness (QED) is 0.794. The van der Waals surface area contributed by atoms with Crippen LogP contribution in [0.25, 0.3) is 5.52 Å². The van der Waals surface area contributed by atoms with Crippen molar-refractivity contribution in [3.05, 3.63) is 36.2 Å². The number of rotatable bonds is 1. The van der Waals surface area contributed by atoms with Crippen molar-refractivity contribution in [1.29, 1.82) is 0 Å². The van der Waals surface area contributed by atoms with E-state index in [9.17, 15) is 0 Å². The van der Waals surface area contributed by atoms with Gasteiger partial charge in [-0.3, -0.25) is 0 Å². The van der Waals surface area contributed by atoms with Crippen LogP contribution in [0.5, 0.6) is 0 Å². The average Bonchev–Trinajstić information content (AvgIpc) is 2.74. The molecule has 0 atom stereocenters. The first-order chi connectivity index (χ1) is 7.80. The van der Waals surface area contributed by atoms with Crippen molar-refractivity contribution >= 4 is 5.52 Å². The largest absolute Gasteiger partial charge is 0.321 e. The smallest absolute Gasteiger partial charge is 0.0712 e. The van der Waals surface area contributed by atoms with Gasteiger partial charge in [0.1, 0.15) is 0 Å². The number of aromatic nitrogens is 2. The number of hydrogen-bond donors (Lipinski definition) is 1. The Morgan fingerprint density at radius 3 is 2.81 bits per heavy atom. The number of pyridine rings is 1. The van der Waals surface area contributed by atoms with E-state index in [0.717, 1.165) is 18.4 Å². The van der Waals surface area contributed by atoms with Gasteiger partial charge in [-0.25, -0.2) is 4.52 Å². The molecule has 0 radical (unpaired) electrons. The molecule has 0 unspecified atom stereocenters. The molecule has 1 aliphatic carbocycles. The fraction of sp³-hybridized carbons (Fsp3) is 0.462. The van der Waals surface area contributed by atoms with Crippen LogP contribution in [0.3, 0.4) is 0 Å². The summed E-state index contributed by atoms with van der Waals surface area (Å²) >= 11 is 0. The van der Waals surface area contributed by atoms with Crippen LogP contribution in [-0.4, -0.2) is 9.61 Å². The van der Waals surface area contributed by atoms with Crippen molar-refractivity contribution in [1.82, 2.24) is 9.61 Å². The molecule has 84 valence electrons. The highest BCUT2D eigenvalue weighted by atomic mass is 15.2. The van der Waals surface area contributed by atoms with Crippen molar-refractivity contribution in [2.24, 2.45) is 5.73 Å². The molecule has 2 aromatic rings.